The summed E-state index contributed by atoms with van der Waals surface area (Å²) in [6.45, 7) is 9.02. The van der Waals surface area contributed by atoms with Crippen LogP contribution in [0.15, 0.2) is 18.2 Å². The Balaban J connectivity index is 3.10. The summed E-state index contributed by atoms with van der Waals surface area (Å²) in [7, 11) is 2.13. The molecule has 3 heteroatoms. The Morgan fingerprint density at radius 3 is 2.41 bits per heavy atom. The Labute approximate surface area is 118 Å². The minimum atomic E-state index is 0.237. The molecule has 0 bridgehead atoms. The first kappa shape index (κ1) is 14.8. The molecule has 1 aromatic carbocycles. The minimum Gasteiger partial charge on any atom is -0.371 e. The number of hydrogen-bond acceptors (Lipinski definition) is 1. The quantitative estimate of drug-likeness (QED) is 0.700. The van der Waals surface area contributed by atoms with Gasteiger partial charge in [0.15, 0.2) is 0 Å². The molecule has 0 amide bonds. The van der Waals surface area contributed by atoms with E-state index in [0.29, 0.717) is 6.04 Å². The monoisotopic (exact) mass is 317 g/mol. The van der Waals surface area contributed by atoms with Crippen molar-refractivity contribution in [2.75, 3.05) is 11.9 Å². The molecule has 1 atom stereocenters. The third-order valence-electron chi connectivity index (χ3n) is 3.41. The van der Waals surface area contributed by atoms with Crippen LogP contribution in [0.2, 0.25) is 5.02 Å². The molecule has 1 aromatic rings. The van der Waals surface area contributed by atoms with E-state index in [1.54, 1.807) is 0 Å². The Morgan fingerprint density at radius 1 is 1.35 bits per heavy atom. The summed E-state index contributed by atoms with van der Waals surface area (Å²) in [5, 5.41) is 1.64. The fourth-order valence-corrected chi connectivity index (χ4v) is 2.41. The van der Waals surface area contributed by atoms with Gasteiger partial charge in [-0.1, -0.05) is 54.4 Å². The van der Waals surface area contributed by atoms with Crippen LogP contribution in [-0.4, -0.2) is 13.1 Å². The maximum Gasteiger partial charge on any atom is 0.0426 e. The lowest BCUT2D eigenvalue weighted by Gasteiger charge is -2.37. The van der Waals surface area contributed by atoms with Crippen molar-refractivity contribution in [3.63, 3.8) is 0 Å². The molecular weight excluding hydrogens is 298 g/mol. The number of benzene rings is 1. The van der Waals surface area contributed by atoms with E-state index in [9.17, 15) is 0 Å². The van der Waals surface area contributed by atoms with E-state index >= 15 is 0 Å². The fourth-order valence-electron chi connectivity index (χ4n) is 1.77. The molecule has 0 saturated heterocycles. The van der Waals surface area contributed by atoms with Crippen LogP contribution in [0.3, 0.4) is 0 Å². The van der Waals surface area contributed by atoms with Gasteiger partial charge in [-0.25, -0.2) is 0 Å². The molecule has 0 saturated carbocycles. The minimum absolute atomic E-state index is 0.237. The van der Waals surface area contributed by atoms with Crippen LogP contribution in [0.1, 0.15) is 33.3 Å². The molecule has 1 rings (SSSR count). The first-order chi connectivity index (χ1) is 7.77. The molecular formula is C14H21BrClN. The van der Waals surface area contributed by atoms with Crippen molar-refractivity contribution in [3.05, 3.63) is 28.8 Å². The maximum absolute atomic E-state index is 6.09. The van der Waals surface area contributed by atoms with Crippen molar-refractivity contribution in [2.24, 2.45) is 5.41 Å². The van der Waals surface area contributed by atoms with Gasteiger partial charge in [0.05, 0.1) is 0 Å². The summed E-state index contributed by atoms with van der Waals surface area (Å²) in [5.41, 5.74) is 2.71. The van der Waals surface area contributed by atoms with Crippen molar-refractivity contribution in [3.8, 4) is 0 Å². The zero-order valence-corrected chi connectivity index (χ0v) is 13.6. The van der Waals surface area contributed by atoms with Gasteiger partial charge >= 0.3 is 0 Å². The van der Waals surface area contributed by atoms with Crippen LogP contribution >= 0.6 is 27.5 Å². The van der Waals surface area contributed by atoms with Crippen LogP contribution < -0.4 is 4.90 Å². The highest BCUT2D eigenvalue weighted by atomic mass is 79.9. The average Bonchev–Trinajstić information content (AvgIpc) is 2.25. The Bertz CT molecular complexity index is 384. The second kappa shape index (κ2) is 5.62. The van der Waals surface area contributed by atoms with Crippen LogP contribution in [0, 0.1) is 5.41 Å². The van der Waals surface area contributed by atoms with Crippen molar-refractivity contribution in [1.82, 2.24) is 0 Å². The smallest absolute Gasteiger partial charge is 0.0426 e. The lowest BCUT2D eigenvalue weighted by Crippen LogP contribution is -2.39. The van der Waals surface area contributed by atoms with E-state index in [-0.39, 0.29) is 5.41 Å². The van der Waals surface area contributed by atoms with E-state index in [1.165, 1.54) is 11.3 Å². The number of alkyl halides is 1. The first-order valence-corrected chi connectivity index (χ1v) is 7.34. The molecule has 17 heavy (non-hydrogen) atoms. The molecule has 0 heterocycles. The number of halogens is 2. The third kappa shape index (κ3) is 3.62. The van der Waals surface area contributed by atoms with Crippen molar-refractivity contribution >= 4 is 33.2 Å². The van der Waals surface area contributed by atoms with Crippen LogP contribution in [-0.2, 0) is 5.33 Å². The predicted octanol–water partition coefficient (Wildman–Crippen LogP) is 5.11. The third-order valence-corrected chi connectivity index (χ3v) is 4.24. The van der Waals surface area contributed by atoms with Gasteiger partial charge in [0.1, 0.15) is 0 Å². The fraction of sp³-hybridized carbons (Fsp3) is 0.571. The van der Waals surface area contributed by atoms with Gasteiger partial charge in [-0.15, -0.1) is 0 Å². The van der Waals surface area contributed by atoms with E-state index in [4.69, 9.17) is 11.6 Å². The molecule has 0 aliphatic heterocycles. The second-order valence-corrected chi connectivity index (χ2v) is 6.56. The van der Waals surface area contributed by atoms with E-state index < -0.39 is 0 Å². The Morgan fingerprint density at radius 2 is 1.94 bits per heavy atom. The zero-order chi connectivity index (χ0) is 13.2. The van der Waals surface area contributed by atoms with Crippen LogP contribution in [0.25, 0.3) is 0 Å². The van der Waals surface area contributed by atoms with Gasteiger partial charge in [0.2, 0.25) is 0 Å². The van der Waals surface area contributed by atoms with Gasteiger partial charge < -0.3 is 4.90 Å². The molecule has 0 aromatic heterocycles. The van der Waals surface area contributed by atoms with Crippen LogP contribution in [0.5, 0.6) is 0 Å². The molecule has 0 radical (unpaired) electrons. The predicted molar refractivity (Wildman–Crippen MR) is 81.4 cm³/mol. The van der Waals surface area contributed by atoms with Crippen molar-refractivity contribution < 1.29 is 0 Å². The summed E-state index contributed by atoms with van der Waals surface area (Å²) < 4.78 is 0. The molecule has 0 aliphatic carbocycles. The van der Waals surface area contributed by atoms with Crippen LogP contribution in [0.4, 0.5) is 5.69 Å². The largest absolute Gasteiger partial charge is 0.371 e. The standard InChI is InChI=1S/C14H21BrClN/c1-10(14(2,3)4)17(5)13-8-12(16)7-6-11(13)9-15/h6-8,10H,9H2,1-5H3. The van der Waals surface area contributed by atoms with Gasteiger partial charge in [0, 0.05) is 29.1 Å². The number of nitrogens with zero attached hydrogens (tertiary/aromatic N) is 1. The molecule has 96 valence electrons. The summed E-state index contributed by atoms with van der Waals surface area (Å²) in [6.07, 6.45) is 0. The highest BCUT2D eigenvalue weighted by molar-refractivity contribution is 9.08. The lowest BCUT2D eigenvalue weighted by molar-refractivity contribution is 0.329. The van der Waals surface area contributed by atoms with Gasteiger partial charge in [-0.05, 0) is 30.0 Å². The second-order valence-electron chi connectivity index (χ2n) is 5.56. The van der Waals surface area contributed by atoms with Gasteiger partial charge in [0.25, 0.3) is 0 Å². The maximum atomic E-state index is 6.09. The summed E-state index contributed by atoms with van der Waals surface area (Å²) >= 11 is 9.63. The van der Waals surface area contributed by atoms with E-state index in [2.05, 4.69) is 61.6 Å². The van der Waals surface area contributed by atoms with E-state index in [1.807, 2.05) is 12.1 Å². The molecule has 0 fully saturated rings. The molecule has 1 nitrogen and oxygen atoms in total. The number of anilines is 1. The number of hydrogen-bond donors (Lipinski definition) is 0. The highest BCUT2D eigenvalue weighted by Gasteiger charge is 2.25. The highest BCUT2D eigenvalue weighted by Crippen LogP contribution is 2.32. The average molecular weight is 319 g/mol. The molecule has 0 spiro atoms. The van der Waals surface area contributed by atoms with Crippen molar-refractivity contribution in [1.29, 1.82) is 0 Å². The Hall–Kier alpha value is -0.210. The molecule has 1 unspecified atom stereocenters. The topological polar surface area (TPSA) is 3.24 Å². The first-order valence-electron chi connectivity index (χ1n) is 5.84. The SMILES string of the molecule is CC(N(C)c1cc(Cl)ccc1CBr)C(C)(C)C. The summed E-state index contributed by atoms with van der Waals surface area (Å²) in [6, 6.07) is 6.51. The molecule has 0 N–H and O–H groups in total. The lowest BCUT2D eigenvalue weighted by atomic mass is 9.86. The summed E-state index contributed by atoms with van der Waals surface area (Å²) in [5.74, 6) is 0. The van der Waals surface area contributed by atoms with Gasteiger partial charge in [-0.2, -0.15) is 0 Å². The summed E-state index contributed by atoms with van der Waals surface area (Å²) in [4.78, 5) is 2.31. The van der Waals surface area contributed by atoms with Gasteiger partial charge in [-0.3, -0.25) is 0 Å². The molecule has 0 aliphatic rings. The Kier molecular flexibility index (Phi) is 4.91. The van der Waals surface area contributed by atoms with E-state index in [0.717, 1.165) is 10.4 Å². The zero-order valence-electron chi connectivity index (χ0n) is 11.2. The number of rotatable bonds is 3. The normalized spacial score (nSPS) is 13.6. The van der Waals surface area contributed by atoms with Crippen molar-refractivity contribution in [2.45, 2.75) is 39.1 Å².